The van der Waals surface area contributed by atoms with Crippen LogP contribution in [0.3, 0.4) is 0 Å². The molecule has 0 radical (unpaired) electrons. The molecule has 0 unspecified atom stereocenters. The van der Waals surface area contributed by atoms with Crippen LogP contribution in [-0.2, 0) is 24.2 Å². The molecule has 122 valence electrons. The van der Waals surface area contributed by atoms with Crippen molar-refractivity contribution < 1.29 is 4.79 Å². The minimum absolute atomic E-state index is 0.0310. The van der Waals surface area contributed by atoms with Crippen molar-refractivity contribution in [1.29, 1.82) is 0 Å². The third-order valence-corrected chi connectivity index (χ3v) is 6.21. The fraction of sp³-hybridized carbons (Fsp3) is 0.588. The highest BCUT2D eigenvalue weighted by atomic mass is 32.1. The summed E-state index contributed by atoms with van der Waals surface area (Å²) >= 11 is 1.65. The van der Waals surface area contributed by atoms with Gasteiger partial charge in [0.05, 0.1) is 11.7 Å². The molecule has 4 rings (SSSR count). The molecule has 0 bridgehead atoms. The lowest BCUT2D eigenvalue weighted by atomic mass is 9.89. The zero-order chi connectivity index (χ0) is 16.0. The summed E-state index contributed by atoms with van der Waals surface area (Å²) in [4.78, 5) is 33.6. The molecule has 2 aromatic heterocycles. The number of carbonyl (C=O) groups is 1. The Morgan fingerprint density at radius 1 is 1.39 bits per heavy atom. The number of aromatic nitrogens is 2. The van der Waals surface area contributed by atoms with Gasteiger partial charge in [-0.25, -0.2) is 4.98 Å². The van der Waals surface area contributed by atoms with Crippen LogP contribution in [0.15, 0.2) is 11.1 Å². The number of likely N-dealkylation sites (tertiary alicyclic amines) is 1. The summed E-state index contributed by atoms with van der Waals surface area (Å²) < 4.78 is 1.49. The van der Waals surface area contributed by atoms with E-state index in [-0.39, 0.29) is 18.0 Å². The minimum atomic E-state index is -0.0467. The molecule has 1 amide bonds. The fourth-order valence-corrected chi connectivity index (χ4v) is 5.03. The van der Waals surface area contributed by atoms with Gasteiger partial charge in [0, 0.05) is 18.0 Å². The van der Waals surface area contributed by atoms with Crippen molar-refractivity contribution in [2.45, 2.75) is 45.6 Å². The maximum atomic E-state index is 12.9. The van der Waals surface area contributed by atoms with Gasteiger partial charge in [-0.05, 0) is 43.6 Å². The van der Waals surface area contributed by atoms with E-state index in [1.165, 1.54) is 15.0 Å². The van der Waals surface area contributed by atoms with E-state index in [0.717, 1.165) is 55.4 Å². The summed E-state index contributed by atoms with van der Waals surface area (Å²) in [5, 5.41) is 0.758. The Kier molecular flexibility index (Phi) is 3.71. The Bertz CT molecular complexity index is 817. The molecule has 0 saturated carbocycles. The molecule has 1 atom stereocenters. The number of hydrogen-bond acceptors (Lipinski definition) is 4. The van der Waals surface area contributed by atoms with E-state index in [9.17, 15) is 9.59 Å². The largest absolute Gasteiger partial charge is 0.341 e. The van der Waals surface area contributed by atoms with Crippen LogP contribution in [0.1, 0.15) is 36.6 Å². The van der Waals surface area contributed by atoms with E-state index < -0.39 is 0 Å². The zero-order valence-corrected chi connectivity index (χ0v) is 14.2. The average Bonchev–Trinajstić information content (AvgIpc) is 3.16. The molecular weight excluding hydrogens is 310 g/mol. The Morgan fingerprint density at radius 2 is 2.17 bits per heavy atom. The molecule has 0 spiro atoms. The van der Waals surface area contributed by atoms with Crippen LogP contribution >= 0.6 is 11.3 Å². The summed E-state index contributed by atoms with van der Waals surface area (Å²) in [6, 6.07) is 0. The molecule has 0 aromatic carbocycles. The second-order valence-corrected chi connectivity index (χ2v) is 7.88. The third-order valence-electron chi connectivity index (χ3n) is 5.05. The topological polar surface area (TPSA) is 55.2 Å². The lowest BCUT2D eigenvalue weighted by molar-refractivity contribution is -0.130. The first-order valence-corrected chi connectivity index (χ1v) is 9.22. The number of thiophene rings is 1. The van der Waals surface area contributed by atoms with Crippen molar-refractivity contribution in [1.82, 2.24) is 14.5 Å². The Hall–Kier alpha value is -1.69. The van der Waals surface area contributed by atoms with E-state index in [2.05, 4.69) is 11.9 Å². The van der Waals surface area contributed by atoms with Crippen LogP contribution in [-0.4, -0.2) is 33.4 Å². The number of amides is 1. The van der Waals surface area contributed by atoms with Gasteiger partial charge in [0.1, 0.15) is 11.4 Å². The Labute approximate surface area is 138 Å². The van der Waals surface area contributed by atoms with Crippen LogP contribution in [0.4, 0.5) is 0 Å². The molecule has 5 nitrogen and oxygen atoms in total. The Morgan fingerprint density at radius 3 is 2.96 bits per heavy atom. The van der Waals surface area contributed by atoms with Crippen molar-refractivity contribution in [2.24, 2.45) is 5.92 Å². The molecular formula is C17H21N3O2S. The maximum absolute atomic E-state index is 12.9. The van der Waals surface area contributed by atoms with Crippen molar-refractivity contribution in [3.05, 3.63) is 27.1 Å². The predicted octanol–water partition coefficient (Wildman–Crippen LogP) is 2.21. The van der Waals surface area contributed by atoms with Gasteiger partial charge < -0.3 is 4.90 Å². The highest BCUT2D eigenvalue weighted by Crippen LogP contribution is 2.35. The predicted molar refractivity (Wildman–Crippen MR) is 90.9 cm³/mol. The van der Waals surface area contributed by atoms with Crippen LogP contribution in [0.5, 0.6) is 0 Å². The summed E-state index contributed by atoms with van der Waals surface area (Å²) in [5.41, 5.74) is 1.14. The average molecular weight is 331 g/mol. The lowest BCUT2D eigenvalue weighted by Crippen LogP contribution is -2.34. The number of aryl methyl sites for hydroxylation is 1. The molecule has 1 aliphatic heterocycles. The van der Waals surface area contributed by atoms with Crippen molar-refractivity contribution in [2.75, 3.05) is 13.1 Å². The van der Waals surface area contributed by atoms with Gasteiger partial charge >= 0.3 is 0 Å². The maximum Gasteiger partial charge on any atom is 0.262 e. The number of hydrogen-bond donors (Lipinski definition) is 0. The smallest absolute Gasteiger partial charge is 0.262 e. The molecule has 23 heavy (non-hydrogen) atoms. The first-order valence-electron chi connectivity index (χ1n) is 8.41. The van der Waals surface area contributed by atoms with E-state index in [0.29, 0.717) is 5.92 Å². The Balaban J connectivity index is 1.70. The lowest BCUT2D eigenvalue weighted by Gasteiger charge is -2.18. The SMILES string of the molecule is C[C@@H]1CCc2c(sc3ncn(CC(=O)N4CCCC4)c(=O)c23)C1. The molecule has 2 aromatic rings. The summed E-state index contributed by atoms with van der Waals surface area (Å²) in [5.74, 6) is 0.706. The number of carbonyl (C=O) groups excluding carboxylic acids is 1. The van der Waals surface area contributed by atoms with Crippen LogP contribution in [0.2, 0.25) is 0 Å². The van der Waals surface area contributed by atoms with Crippen LogP contribution in [0.25, 0.3) is 10.2 Å². The van der Waals surface area contributed by atoms with E-state index in [1.807, 2.05) is 4.90 Å². The molecule has 6 heteroatoms. The number of nitrogens with zero attached hydrogens (tertiary/aromatic N) is 3. The van der Waals surface area contributed by atoms with Gasteiger partial charge in [0.25, 0.3) is 5.56 Å². The second kappa shape index (κ2) is 5.74. The molecule has 2 aliphatic rings. The number of rotatable bonds is 2. The first-order chi connectivity index (χ1) is 11.1. The zero-order valence-electron chi connectivity index (χ0n) is 13.4. The quantitative estimate of drug-likeness (QED) is 0.848. The van der Waals surface area contributed by atoms with Gasteiger partial charge in [-0.2, -0.15) is 0 Å². The molecule has 0 N–H and O–H groups in total. The molecule has 1 fully saturated rings. The van der Waals surface area contributed by atoms with Crippen molar-refractivity contribution in [3.63, 3.8) is 0 Å². The standard InChI is InChI=1S/C17H21N3O2S/c1-11-4-5-12-13(8-11)23-16-15(12)17(22)20(10-18-16)9-14(21)19-6-2-3-7-19/h10-11H,2-9H2,1H3/t11-/m1/s1. The molecule has 3 heterocycles. The monoisotopic (exact) mass is 331 g/mol. The summed E-state index contributed by atoms with van der Waals surface area (Å²) in [6.45, 7) is 4.00. The van der Waals surface area contributed by atoms with Gasteiger partial charge in [-0.15, -0.1) is 11.3 Å². The van der Waals surface area contributed by atoms with Crippen LogP contribution < -0.4 is 5.56 Å². The number of fused-ring (bicyclic) bond motifs is 3. The molecule has 1 saturated heterocycles. The van der Waals surface area contributed by atoms with Crippen LogP contribution in [0, 0.1) is 5.92 Å². The minimum Gasteiger partial charge on any atom is -0.341 e. The highest BCUT2D eigenvalue weighted by molar-refractivity contribution is 7.18. The van der Waals surface area contributed by atoms with Gasteiger partial charge in [0.15, 0.2) is 0 Å². The van der Waals surface area contributed by atoms with E-state index in [1.54, 1.807) is 17.7 Å². The highest BCUT2D eigenvalue weighted by Gasteiger charge is 2.24. The normalized spacial score (nSPS) is 20.9. The van der Waals surface area contributed by atoms with Crippen molar-refractivity contribution in [3.8, 4) is 0 Å². The first kappa shape index (κ1) is 14.9. The van der Waals surface area contributed by atoms with E-state index in [4.69, 9.17) is 0 Å². The third kappa shape index (κ3) is 2.59. The molecule has 1 aliphatic carbocycles. The van der Waals surface area contributed by atoms with Gasteiger partial charge in [-0.1, -0.05) is 6.92 Å². The van der Waals surface area contributed by atoms with E-state index >= 15 is 0 Å². The summed E-state index contributed by atoms with van der Waals surface area (Å²) in [7, 11) is 0. The second-order valence-electron chi connectivity index (χ2n) is 6.80. The summed E-state index contributed by atoms with van der Waals surface area (Å²) in [6.07, 6.45) is 6.80. The van der Waals surface area contributed by atoms with Gasteiger partial charge in [0.2, 0.25) is 5.91 Å². The van der Waals surface area contributed by atoms with Crippen molar-refractivity contribution >= 4 is 27.5 Å². The van der Waals surface area contributed by atoms with Gasteiger partial charge in [-0.3, -0.25) is 14.2 Å². The fourth-order valence-electron chi connectivity index (χ4n) is 3.69.